The van der Waals surface area contributed by atoms with Crippen molar-refractivity contribution in [3.63, 3.8) is 0 Å². The highest BCUT2D eigenvalue weighted by Crippen LogP contribution is 2.26. The smallest absolute Gasteiger partial charge is 0.322 e. The average Bonchev–Trinajstić information content (AvgIpc) is 3.19. The SMILES string of the molecule is CC1CC2CN(C(=O)Nc3cc(-c4cnn(C)c4)ccn3)CCN2C1. The summed E-state index contributed by atoms with van der Waals surface area (Å²) in [6.07, 6.45) is 6.65. The second-order valence-electron chi connectivity index (χ2n) is 7.20. The lowest BCUT2D eigenvalue weighted by Gasteiger charge is -2.37. The van der Waals surface area contributed by atoms with E-state index in [9.17, 15) is 4.79 Å². The maximum absolute atomic E-state index is 12.6. The number of nitrogens with zero attached hydrogens (tertiary/aromatic N) is 5. The van der Waals surface area contributed by atoms with Crippen LogP contribution < -0.4 is 5.32 Å². The number of piperazine rings is 1. The summed E-state index contributed by atoms with van der Waals surface area (Å²) in [6, 6.07) is 4.26. The molecule has 4 heterocycles. The molecule has 2 fully saturated rings. The third-order valence-electron chi connectivity index (χ3n) is 5.15. The van der Waals surface area contributed by atoms with Gasteiger partial charge in [0.15, 0.2) is 0 Å². The highest BCUT2D eigenvalue weighted by Gasteiger charge is 2.35. The van der Waals surface area contributed by atoms with Crippen molar-refractivity contribution in [2.75, 3.05) is 31.5 Å². The normalized spacial score (nSPS) is 23.5. The second kappa shape index (κ2) is 6.48. The van der Waals surface area contributed by atoms with Crippen LogP contribution in [0, 0.1) is 5.92 Å². The van der Waals surface area contributed by atoms with E-state index in [0.717, 1.165) is 43.2 Å². The number of carbonyl (C=O) groups excluding carboxylic acids is 1. The van der Waals surface area contributed by atoms with Gasteiger partial charge < -0.3 is 4.90 Å². The Morgan fingerprint density at radius 2 is 2.16 bits per heavy atom. The molecule has 1 N–H and O–H groups in total. The summed E-state index contributed by atoms with van der Waals surface area (Å²) < 4.78 is 1.76. The summed E-state index contributed by atoms with van der Waals surface area (Å²) in [5, 5.41) is 7.14. The van der Waals surface area contributed by atoms with Crippen LogP contribution in [0.2, 0.25) is 0 Å². The van der Waals surface area contributed by atoms with Crippen molar-refractivity contribution < 1.29 is 4.79 Å². The molecule has 2 atom stereocenters. The van der Waals surface area contributed by atoms with Crippen LogP contribution in [-0.2, 0) is 7.05 Å². The molecule has 25 heavy (non-hydrogen) atoms. The topological polar surface area (TPSA) is 66.3 Å². The maximum atomic E-state index is 12.6. The summed E-state index contributed by atoms with van der Waals surface area (Å²) in [4.78, 5) is 21.3. The molecule has 2 aromatic heterocycles. The number of hydrogen-bond acceptors (Lipinski definition) is 4. The largest absolute Gasteiger partial charge is 0.323 e. The van der Waals surface area contributed by atoms with Gasteiger partial charge in [-0.25, -0.2) is 9.78 Å². The van der Waals surface area contributed by atoms with Crippen LogP contribution in [0.1, 0.15) is 13.3 Å². The van der Waals surface area contributed by atoms with Gasteiger partial charge >= 0.3 is 6.03 Å². The molecule has 0 bridgehead atoms. The summed E-state index contributed by atoms with van der Waals surface area (Å²) in [7, 11) is 1.89. The molecule has 7 nitrogen and oxygen atoms in total. The molecule has 2 unspecified atom stereocenters. The van der Waals surface area contributed by atoms with Gasteiger partial charge in [-0.05, 0) is 30.0 Å². The zero-order valence-electron chi connectivity index (χ0n) is 14.7. The van der Waals surface area contributed by atoms with Gasteiger partial charge in [0, 0.05) is 57.2 Å². The van der Waals surface area contributed by atoms with Gasteiger partial charge in [-0.3, -0.25) is 14.9 Å². The Kier molecular flexibility index (Phi) is 4.17. The molecule has 2 aliphatic heterocycles. The Morgan fingerprint density at radius 3 is 2.96 bits per heavy atom. The van der Waals surface area contributed by atoms with E-state index in [0.29, 0.717) is 11.9 Å². The molecule has 2 amide bonds. The summed E-state index contributed by atoms with van der Waals surface area (Å²) in [5.41, 5.74) is 2.00. The van der Waals surface area contributed by atoms with Gasteiger partial charge in [-0.1, -0.05) is 6.92 Å². The van der Waals surface area contributed by atoms with Crippen molar-refractivity contribution in [3.05, 3.63) is 30.7 Å². The van der Waals surface area contributed by atoms with E-state index < -0.39 is 0 Å². The number of aromatic nitrogens is 3. The van der Waals surface area contributed by atoms with Gasteiger partial charge in [-0.15, -0.1) is 0 Å². The molecule has 132 valence electrons. The Balaban J connectivity index is 1.43. The van der Waals surface area contributed by atoms with E-state index in [1.54, 1.807) is 17.1 Å². The molecule has 2 aliphatic rings. The van der Waals surface area contributed by atoms with Gasteiger partial charge in [-0.2, -0.15) is 5.10 Å². The monoisotopic (exact) mass is 340 g/mol. The standard InChI is InChI=1S/C18H24N6O/c1-13-7-16-12-24(6-5-23(16)10-13)18(25)21-17-8-14(3-4-19-17)15-9-20-22(2)11-15/h3-4,8-9,11,13,16H,5-7,10,12H2,1-2H3,(H,19,21,25). The van der Waals surface area contributed by atoms with Crippen LogP contribution in [0.5, 0.6) is 0 Å². The van der Waals surface area contributed by atoms with E-state index >= 15 is 0 Å². The lowest BCUT2D eigenvalue weighted by Crippen LogP contribution is -2.53. The minimum absolute atomic E-state index is 0.0601. The van der Waals surface area contributed by atoms with Crippen LogP contribution in [0.4, 0.5) is 10.6 Å². The number of amides is 2. The van der Waals surface area contributed by atoms with Crippen LogP contribution in [0.15, 0.2) is 30.7 Å². The zero-order valence-corrected chi connectivity index (χ0v) is 14.7. The molecule has 0 aliphatic carbocycles. The molecule has 2 saturated heterocycles. The van der Waals surface area contributed by atoms with Crippen molar-refractivity contribution in [1.29, 1.82) is 0 Å². The van der Waals surface area contributed by atoms with Crippen molar-refractivity contribution in [1.82, 2.24) is 24.6 Å². The fraction of sp³-hybridized carbons (Fsp3) is 0.500. The Bertz CT molecular complexity index is 772. The Labute approximate surface area is 147 Å². The minimum atomic E-state index is -0.0601. The first-order chi connectivity index (χ1) is 12.1. The lowest BCUT2D eigenvalue weighted by molar-refractivity contribution is 0.124. The number of carbonyl (C=O) groups is 1. The first kappa shape index (κ1) is 16.1. The molecule has 2 aromatic rings. The fourth-order valence-corrected chi connectivity index (χ4v) is 3.92. The van der Waals surface area contributed by atoms with E-state index in [4.69, 9.17) is 0 Å². The molecule has 0 radical (unpaired) electrons. The lowest BCUT2D eigenvalue weighted by atomic mass is 10.1. The summed E-state index contributed by atoms with van der Waals surface area (Å²) in [5.74, 6) is 1.31. The predicted octanol–water partition coefficient (Wildman–Crippen LogP) is 2.04. The third-order valence-corrected chi connectivity index (χ3v) is 5.15. The second-order valence-corrected chi connectivity index (χ2v) is 7.20. The van der Waals surface area contributed by atoms with Crippen LogP contribution in [-0.4, -0.2) is 62.8 Å². The maximum Gasteiger partial charge on any atom is 0.323 e. The average molecular weight is 340 g/mol. The minimum Gasteiger partial charge on any atom is -0.322 e. The number of fused-ring (bicyclic) bond motifs is 1. The molecule has 0 saturated carbocycles. The van der Waals surface area contributed by atoms with Gasteiger partial charge in [0.25, 0.3) is 0 Å². The number of anilines is 1. The fourth-order valence-electron chi connectivity index (χ4n) is 3.92. The van der Waals surface area contributed by atoms with Crippen molar-refractivity contribution in [2.24, 2.45) is 13.0 Å². The number of nitrogens with one attached hydrogen (secondary N) is 1. The summed E-state index contributed by atoms with van der Waals surface area (Å²) >= 11 is 0. The number of pyridine rings is 1. The number of rotatable bonds is 2. The highest BCUT2D eigenvalue weighted by atomic mass is 16.2. The molecular weight excluding hydrogens is 316 g/mol. The summed E-state index contributed by atoms with van der Waals surface area (Å²) in [6.45, 7) is 5.99. The number of urea groups is 1. The first-order valence-corrected chi connectivity index (χ1v) is 8.83. The van der Waals surface area contributed by atoms with Crippen LogP contribution in [0.3, 0.4) is 0 Å². The Hall–Kier alpha value is -2.41. The van der Waals surface area contributed by atoms with E-state index in [-0.39, 0.29) is 6.03 Å². The molecule has 0 spiro atoms. The number of aryl methyl sites for hydroxylation is 1. The van der Waals surface area contributed by atoms with Crippen molar-refractivity contribution in [3.8, 4) is 11.1 Å². The highest BCUT2D eigenvalue weighted by molar-refractivity contribution is 5.89. The quantitative estimate of drug-likeness (QED) is 0.908. The van der Waals surface area contributed by atoms with E-state index in [1.165, 1.54) is 6.42 Å². The van der Waals surface area contributed by atoms with E-state index in [2.05, 4.69) is 27.2 Å². The molecule has 7 heteroatoms. The number of hydrogen-bond donors (Lipinski definition) is 1. The molecule has 4 rings (SSSR count). The molecule has 0 aromatic carbocycles. The van der Waals surface area contributed by atoms with Crippen molar-refractivity contribution in [2.45, 2.75) is 19.4 Å². The Morgan fingerprint density at radius 1 is 1.28 bits per heavy atom. The predicted molar refractivity (Wildman–Crippen MR) is 96.2 cm³/mol. The first-order valence-electron chi connectivity index (χ1n) is 8.83. The third kappa shape index (κ3) is 3.37. The van der Waals surface area contributed by atoms with Gasteiger partial charge in [0.1, 0.15) is 5.82 Å². The van der Waals surface area contributed by atoms with Gasteiger partial charge in [0.2, 0.25) is 0 Å². The zero-order chi connectivity index (χ0) is 17.4. The van der Waals surface area contributed by atoms with Gasteiger partial charge in [0.05, 0.1) is 6.20 Å². The molecular formula is C18H24N6O. The van der Waals surface area contributed by atoms with Crippen LogP contribution >= 0.6 is 0 Å². The van der Waals surface area contributed by atoms with E-state index in [1.807, 2.05) is 30.3 Å². The van der Waals surface area contributed by atoms with Crippen molar-refractivity contribution >= 4 is 11.8 Å². The van der Waals surface area contributed by atoms with Crippen LogP contribution in [0.25, 0.3) is 11.1 Å².